The van der Waals surface area contributed by atoms with E-state index in [1.54, 1.807) is 0 Å². The number of carbonyl (C=O) groups excluding carboxylic acids is 1. The summed E-state index contributed by atoms with van der Waals surface area (Å²) in [5.41, 5.74) is 0. The summed E-state index contributed by atoms with van der Waals surface area (Å²) in [6.07, 6.45) is 3.38. The van der Waals surface area contributed by atoms with Crippen LogP contribution in [-0.4, -0.2) is 17.7 Å². The zero-order chi connectivity index (χ0) is 6.53. The van der Waals surface area contributed by atoms with Crippen molar-refractivity contribution in [3.05, 3.63) is 0 Å². The Labute approximate surface area is 59.0 Å². The first-order valence-corrected chi connectivity index (χ1v) is 4.18. The molecule has 0 amide bonds. The molecule has 9 heavy (non-hydrogen) atoms. The highest BCUT2D eigenvalue weighted by Crippen LogP contribution is 2.13. The second-order valence-electron chi connectivity index (χ2n) is 2.01. The summed E-state index contributed by atoms with van der Waals surface area (Å²) in [5.74, 6) is 0.929. The van der Waals surface area contributed by atoms with Gasteiger partial charge in [0.2, 0.25) is 0 Å². The molecule has 52 valence electrons. The maximum Gasteiger partial charge on any atom is 0.367 e. The van der Waals surface area contributed by atoms with E-state index in [2.05, 4.69) is 0 Å². The van der Waals surface area contributed by atoms with Crippen molar-refractivity contribution in [2.75, 3.05) is 12.4 Å². The van der Waals surface area contributed by atoms with E-state index in [4.69, 9.17) is 4.74 Å². The molecule has 1 aliphatic heterocycles. The van der Waals surface area contributed by atoms with Crippen LogP contribution in [0, 0.1) is 0 Å². The zero-order valence-electron chi connectivity index (χ0n) is 5.26. The third kappa shape index (κ3) is 2.75. The van der Waals surface area contributed by atoms with Gasteiger partial charge in [-0.15, -0.1) is 0 Å². The third-order valence-corrected chi connectivity index (χ3v) is 2.07. The molecule has 0 aromatic carbocycles. The fourth-order valence-electron chi connectivity index (χ4n) is 0.734. The number of ether oxygens (including phenoxy) is 1. The lowest BCUT2D eigenvalue weighted by molar-refractivity contribution is 0.171. The molecule has 0 atom stereocenters. The Kier molecular flexibility index (Phi) is 2.91. The molecule has 0 aliphatic carbocycles. The fourth-order valence-corrected chi connectivity index (χ4v) is 1.42. The highest BCUT2D eigenvalue weighted by Gasteiger charge is 2.05. The quantitative estimate of drug-likeness (QED) is 0.489. The number of hydrogen-bond acceptors (Lipinski definition) is 3. The maximum atomic E-state index is 10.6. The van der Waals surface area contributed by atoms with Gasteiger partial charge in [0.15, 0.2) is 0 Å². The molecule has 1 saturated heterocycles. The van der Waals surface area contributed by atoms with E-state index in [0.29, 0.717) is 6.61 Å². The summed E-state index contributed by atoms with van der Waals surface area (Å²) in [5, 5.41) is -0.102. The second kappa shape index (κ2) is 3.77. The van der Waals surface area contributed by atoms with Crippen LogP contribution in [0.5, 0.6) is 0 Å². The summed E-state index contributed by atoms with van der Waals surface area (Å²) in [6, 6.07) is 0. The number of hydrogen-bond donors (Lipinski definition) is 0. The van der Waals surface area contributed by atoms with Crippen molar-refractivity contribution in [3.8, 4) is 0 Å². The predicted molar refractivity (Wildman–Crippen MR) is 37.7 cm³/mol. The number of thioether (sulfide) groups is 1. The molecule has 0 N–H and O–H groups in total. The van der Waals surface area contributed by atoms with Crippen LogP contribution in [0.3, 0.4) is 0 Å². The van der Waals surface area contributed by atoms with Crippen LogP contribution in [0.15, 0.2) is 0 Å². The van der Waals surface area contributed by atoms with Gasteiger partial charge in [-0.1, -0.05) is 0 Å². The molecule has 1 rings (SSSR count). The van der Waals surface area contributed by atoms with E-state index in [-0.39, 0.29) is 5.30 Å². The lowest BCUT2D eigenvalue weighted by atomic mass is 10.3. The highest BCUT2D eigenvalue weighted by molar-refractivity contribution is 8.13. The second-order valence-corrected chi connectivity index (χ2v) is 3.04. The zero-order valence-corrected chi connectivity index (χ0v) is 6.08. The molecule has 2 nitrogen and oxygen atoms in total. The first-order chi connectivity index (χ1) is 4.39. The van der Waals surface area contributed by atoms with Crippen molar-refractivity contribution in [2.24, 2.45) is 0 Å². The molecule has 0 aromatic rings. The molecule has 0 radical (unpaired) electrons. The molecule has 0 spiro atoms. The maximum absolute atomic E-state index is 10.6. The van der Waals surface area contributed by atoms with E-state index in [0.717, 1.165) is 18.6 Å². The lowest BCUT2D eigenvalue weighted by Gasteiger charge is -2.07. The van der Waals surface area contributed by atoms with Gasteiger partial charge < -0.3 is 4.74 Å². The SMILES string of the molecule is O=C1OCCCCCS1. The minimum Gasteiger partial charge on any atom is -0.458 e. The normalized spacial score (nSPS) is 22.0. The van der Waals surface area contributed by atoms with Gasteiger partial charge in [-0.05, 0) is 31.0 Å². The Morgan fingerprint density at radius 2 is 2.22 bits per heavy atom. The Balaban J connectivity index is 2.20. The van der Waals surface area contributed by atoms with Crippen LogP contribution >= 0.6 is 11.8 Å². The van der Waals surface area contributed by atoms with Gasteiger partial charge in [0.05, 0.1) is 6.61 Å². The summed E-state index contributed by atoms with van der Waals surface area (Å²) in [6.45, 7) is 0.617. The minimum atomic E-state index is -0.102. The highest BCUT2D eigenvalue weighted by atomic mass is 32.2. The van der Waals surface area contributed by atoms with Crippen LogP contribution in [-0.2, 0) is 4.74 Å². The van der Waals surface area contributed by atoms with Crippen molar-refractivity contribution in [1.82, 2.24) is 0 Å². The monoisotopic (exact) mass is 146 g/mol. The predicted octanol–water partition coefficient (Wildman–Crippen LogP) is 2.04. The number of rotatable bonds is 0. The minimum absolute atomic E-state index is 0.102. The Morgan fingerprint density at radius 3 is 3.11 bits per heavy atom. The number of carbonyl (C=O) groups is 1. The van der Waals surface area contributed by atoms with E-state index in [1.165, 1.54) is 18.2 Å². The standard InChI is InChI=1S/C6H10O2S/c7-6-8-4-2-1-3-5-9-6/h1-5H2. The third-order valence-electron chi connectivity index (χ3n) is 1.23. The molecule has 3 heteroatoms. The molecule has 1 fully saturated rings. The molecular formula is C6H10O2S. The van der Waals surface area contributed by atoms with Gasteiger partial charge in [-0.2, -0.15) is 0 Å². The smallest absolute Gasteiger partial charge is 0.367 e. The molecule has 0 saturated carbocycles. The van der Waals surface area contributed by atoms with E-state index in [1.807, 2.05) is 0 Å². The Bertz CT molecular complexity index is 93.2. The van der Waals surface area contributed by atoms with E-state index >= 15 is 0 Å². The van der Waals surface area contributed by atoms with Gasteiger partial charge in [-0.25, -0.2) is 4.79 Å². The molecule has 1 heterocycles. The van der Waals surface area contributed by atoms with Gasteiger partial charge in [0, 0.05) is 5.75 Å². The molecule has 0 bridgehead atoms. The van der Waals surface area contributed by atoms with Crippen molar-refractivity contribution in [1.29, 1.82) is 0 Å². The van der Waals surface area contributed by atoms with Gasteiger partial charge in [-0.3, -0.25) is 0 Å². The fraction of sp³-hybridized carbons (Fsp3) is 0.833. The lowest BCUT2D eigenvalue weighted by Crippen LogP contribution is -2.03. The van der Waals surface area contributed by atoms with Crippen molar-refractivity contribution in [2.45, 2.75) is 19.3 Å². The first kappa shape index (κ1) is 6.93. The van der Waals surface area contributed by atoms with Gasteiger partial charge in [0.1, 0.15) is 0 Å². The molecule has 1 aliphatic rings. The van der Waals surface area contributed by atoms with Gasteiger partial charge >= 0.3 is 5.30 Å². The van der Waals surface area contributed by atoms with E-state index in [9.17, 15) is 4.79 Å². The molecular weight excluding hydrogens is 136 g/mol. The first-order valence-electron chi connectivity index (χ1n) is 3.19. The summed E-state index contributed by atoms with van der Waals surface area (Å²) < 4.78 is 4.81. The number of cyclic esters (lactones) is 1. The van der Waals surface area contributed by atoms with Crippen LogP contribution < -0.4 is 0 Å². The summed E-state index contributed by atoms with van der Waals surface area (Å²) in [7, 11) is 0. The van der Waals surface area contributed by atoms with Crippen molar-refractivity contribution in [3.63, 3.8) is 0 Å². The summed E-state index contributed by atoms with van der Waals surface area (Å²) in [4.78, 5) is 10.6. The Hall–Kier alpha value is -0.180. The van der Waals surface area contributed by atoms with Crippen LogP contribution in [0.1, 0.15) is 19.3 Å². The molecule has 0 aromatic heterocycles. The largest absolute Gasteiger partial charge is 0.458 e. The van der Waals surface area contributed by atoms with Crippen LogP contribution in [0.4, 0.5) is 4.79 Å². The van der Waals surface area contributed by atoms with Crippen molar-refractivity contribution < 1.29 is 9.53 Å². The van der Waals surface area contributed by atoms with Crippen LogP contribution in [0.2, 0.25) is 0 Å². The van der Waals surface area contributed by atoms with Crippen LogP contribution in [0.25, 0.3) is 0 Å². The average molecular weight is 146 g/mol. The van der Waals surface area contributed by atoms with Gasteiger partial charge in [0.25, 0.3) is 0 Å². The average Bonchev–Trinajstić information content (AvgIpc) is 1.79. The Morgan fingerprint density at radius 1 is 1.33 bits per heavy atom. The molecule has 0 unspecified atom stereocenters. The topological polar surface area (TPSA) is 26.3 Å². The van der Waals surface area contributed by atoms with Crippen molar-refractivity contribution >= 4 is 17.1 Å². The van der Waals surface area contributed by atoms with E-state index < -0.39 is 0 Å². The summed E-state index contributed by atoms with van der Waals surface area (Å²) >= 11 is 1.29.